The molecule has 0 aliphatic rings. The van der Waals surface area contributed by atoms with E-state index in [9.17, 15) is 8.42 Å². The zero-order chi connectivity index (χ0) is 15.2. The lowest BCUT2D eigenvalue weighted by molar-refractivity contribution is 0.576. The fourth-order valence-corrected chi connectivity index (χ4v) is 2.02. The molecular weight excluding hydrogens is 276 g/mol. The van der Waals surface area contributed by atoms with Gasteiger partial charge in [0, 0.05) is 6.54 Å². The van der Waals surface area contributed by atoms with Crippen LogP contribution in [0.5, 0.6) is 0 Å². The normalized spacial score (nSPS) is 12.7. The van der Waals surface area contributed by atoms with Crippen LogP contribution in [0.3, 0.4) is 0 Å². The van der Waals surface area contributed by atoms with Crippen LogP contribution in [0, 0.1) is 5.92 Å². The third kappa shape index (κ3) is 6.03. The summed E-state index contributed by atoms with van der Waals surface area (Å²) in [6.07, 6.45) is 1.03. The van der Waals surface area contributed by atoms with E-state index in [1.807, 2.05) is 0 Å². The topological polar surface area (TPSA) is 111 Å². The molecule has 0 bridgehead atoms. The highest BCUT2D eigenvalue weighted by atomic mass is 32.2. The van der Waals surface area contributed by atoms with Crippen molar-refractivity contribution < 1.29 is 8.42 Å². The van der Waals surface area contributed by atoms with Crippen LogP contribution in [0.4, 0.5) is 0 Å². The lowest BCUT2D eigenvalue weighted by Crippen LogP contribution is -2.32. The van der Waals surface area contributed by atoms with Crippen molar-refractivity contribution >= 4 is 16.0 Å². The third-order valence-electron chi connectivity index (χ3n) is 2.71. The number of rotatable bonds is 6. The van der Waals surface area contributed by atoms with Crippen LogP contribution in [0.1, 0.15) is 25.8 Å². The van der Waals surface area contributed by atoms with Gasteiger partial charge in [-0.25, -0.2) is 18.5 Å². The van der Waals surface area contributed by atoms with Crippen LogP contribution >= 0.6 is 0 Å². The van der Waals surface area contributed by atoms with Crippen molar-refractivity contribution in [2.24, 2.45) is 21.8 Å². The minimum Gasteiger partial charge on any atom is -0.370 e. The van der Waals surface area contributed by atoms with Gasteiger partial charge in [0.15, 0.2) is 5.96 Å². The molecule has 0 saturated heterocycles. The van der Waals surface area contributed by atoms with Gasteiger partial charge in [-0.2, -0.15) is 0 Å². The molecule has 1 aromatic carbocycles. The highest BCUT2D eigenvalue weighted by molar-refractivity contribution is 7.89. The first-order valence-electron chi connectivity index (χ1n) is 6.44. The molecule has 0 spiro atoms. The number of sulfonamides is 1. The van der Waals surface area contributed by atoms with Gasteiger partial charge in [-0.1, -0.05) is 26.0 Å². The molecule has 0 radical (unpaired) electrons. The van der Waals surface area contributed by atoms with Gasteiger partial charge in [-0.15, -0.1) is 0 Å². The van der Waals surface area contributed by atoms with Crippen molar-refractivity contribution in [2.75, 3.05) is 6.54 Å². The van der Waals surface area contributed by atoms with Gasteiger partial charge in [0.2, 0.25) is 10.0 Å². The minimum absolute atomic E-state index is 0.0910. The largest absolute Gasteiger partial charge is 0.370 e. The Hall–Kier alpha value is -1.60. The number of benzene rings is 1. The Balaban J connectivity index is 2.52. The molecule has 0 aliphatic carbocycles. The summed E-state index contributed by atoms with van der Waals surface area (Å²) in [6.45, 7) is 5.47. The molecule has 20 heavy (non-hydrogen) atoms. The summed E-state index contributed by atoms with van der Waals surface area (Å²) in [6, 6.07) is 6.26. The summed E-state index contributed by atoms with van der Waals surface area (Å²) in [4.78, 5) is 4.28. The van der Waals surface area contributed by atoms with Crippen LogP contribution in [0.2, 0.25) is 0 Å². The van der Waals surface area contributed by atoms with E-state index < -0.39 is 10.0 Å². The van der Waals surface area contributed by atoms with Crippen LogP contribution in [0.25, 0.3) is 0 Å². The van der Waals surface area contributed by atoms with Crippen molar-refractivity contribution in [1.82, 2.24) is 5.32 Å². The van der Waals surface area contributed by atoms with Crippen molar-refractivity contribution in [2.45, 2.75) is 31.7 Å². The van der Waals surface area contributed by atoms with E-state index >= 15 is 0 Å². The van der Waals surface area contributed by atoms with E-state index in [0.717, 1.165) is 18.5 Å². The Labute approximate surface area is 120 Å². The van der Waals surface area contributed by atoms with E-state index in [1.54, 1.807) is 12.1 Å². The predicted molar refractivity (Wildman–Crippen MR) is 80.6 cm³/mol. The van der Waals surface area contributed by atoms with E-state index in [4.69, 9.17) is 10.9 Å². The first-order valence-corrected chi connectivity index (χ1v) is 7.99. The van der Waals surface area contributed by atoms with Gasteiger partial charge in [-0.3, -0.25) is 0 Å². The molecule has 112 valence electrons. The lowest BCUT2D eigenvalue weighted by atomic mass is 10.1. The Bertz CT molecular complexity index is 550. The molecule has 7 heteroatoms. The average molecular weight is 298 g/mol. The molecule has 0 atom stereocenters. The highest BCUT2D eigenvalue weighted by Crippen LogP contribution is 2.09. The smallest absolute Gasteiger partial charge is 0.238 e. The Kier molecular flexibility index (Phi) is 5.97. The highest BCUT2D eigenvalue weighted by Gasteiger charge is 2.06. The standard InChI is InChI=1S/C13H22N4O2S/c1-10(2)7-8-16-13(14)17-9-11-3-5-12(6-4-11)20(15,18)19/h3-6,10H,7-9H2,1-2H3,(H3,14,16,17)(H2,15,18,19). The Morgan fingerprint density at radius 2 is 1.90 bits per heavy atom. The maximum absolute atomic E-state index is 11.1. The maximum Gasteiger partial charge on any atom is 0.238 e. The van der Waals surface area contributed by atoms with E-state index in [-0.39, 0.29) is 4.90 Å². The van der Waals surface area contributed by atoms with Gasteiger partial charge in [-0.05, 0) is 30.0 Å². The lowest BCUT2D eigenvalue weighted by Gasteiger charge is -2.07. The molecule has 1 rings (SSSR count). The first kappa shape index (κ1) is 16.5. The minimum atomic E-state index is -3.64. The van der Waals surface area contributed by atoms with Crippen LogP contribution < -0.4 is 16.2 Å². The molecule has 0 aromatic heterocycles. The van der Waals surface area contributed by atoms with Crippen molar-refractivity contribution in [3.63, 3.8) is 0 Å². The van der Waals surface area contributed by atoms with Gasteiger partial charge >= 0.3 is 0 Å². The number of guanidine groups is 1. The Morgan fingerprint density at radius 3 is 2.40 bits per heavy atom. The number of nitrogens with two attached hydrogens (primary N) is 2. The molecule has 0 heterocycles. The average Bonchev–Trinajstić information content (AvgIpc) is 2.35. The van der Waals surface area contributed by atoms with Gasteiger partial charge in [0.25, 0.3) is 0 Å². The van der Waals surface area contributed by atoms with Crippen molar-refractivity contribution in [1.29, 1.82) is 0 Å². The molecule has 0 fully saturated rings. The molecule has 1 aromatic rings. The van der Waals surface area contributed by atoms with E-state index in [2.05, 4.69) is 24.2 Å². The molecule has 0 saturated carbocycles. The number of hydrogen-bond donors (Lipinski definition) is 3. The molecular formula is C13H22N4O2S. The maximum atomic E-state index is 11.1. The van der Waals surface area contributed by atoms with E-state index in [1.165, 1.54) is 12.1 Å². The number of hydrogen-bond acceptors (Lipinski definition) is 3. The molecule has 0 aliphatic heterocycles. The van der Waals surface area contributed by atoms with Gasteiger partial charge < -0.3 is 11.1 Å². The monoisotopic (exact) mass is 298 g/mol. The second kappa shape index (κ2) is 7.25. The molecule has 0 unspecified atom stereocenters. The first-order chi connectivity index (χ1) is 9.29. The molecule has 6 nitrogen and oxygen atoms in total. The SMILES string of the molecule is CC(C)CCNC(N)=NCc1ccc(S(N)(=O)=O)cc1. The fraction of sp³-hybridized carbons (Fsp3) is 0.462. The summed E-state index contributed by atoms with van der Waals surface area (Å²) >= 11 is 0. The summed E-state index contributed by atoms with van der Waals surface area (Å²) in [5.41, 5.74) is 6.60. The zero-order valence-electron chi connectivity index (χ0n) is 11.8. The number of aliphatic imine (C=N–C) groups is 1. The summed E-state index contributed by atoms with van der Waals surface area (Å²) in [5, 5.41) is 8.05. The zero-order valence-corrected chi connectivity index (χ0v) is 12.7. The second-order valence-corrected chi connectivity index (χ2v) is 6.56. The number of nitrogens with one attached hydrogen (secondary N) is 1. The fourth-order valence-electron chi connectivity index (χ4n) is 1.51. The van der Waals surface area contributed by atoms with Crippen LogP contribution in [-0.4, -0.2) is 20.9 Å². The van der Waals surface area contributed by atoms with Crippen LogP contribution in [0.15, 0.2) is 34.2 Å². The van der Waals surface area contributed by atoms with Crippen molar-refractivity contribution in [3.05, 3.63) is 29.8 Å². The van der Waals surface area contributed by atoms with Crippen molar-refractivity contribution in [3.8, 4) is 0 Å². The summed E-state index contributed by atoms with van der Waals surface area (Å²) < 4.78 is 22.2. The number of primary sulfonamides is 1. The summed E-state index contributed by atoms with van der Waals surface area (Å²) in [7, 11) is -3.64. The Morgan fingerprint density at radius 1 is 1.30 bits per heavy atom. The summed E-state index contributed by atoms with van der Waals surface area (Å²) in [5.74, 6) is 1.00. The van der Waals surface area contributed by atoms with E-state index in [0.29, 0.717) is 18.4 Å². The third-order valence-corrected chi connectivity index (χ3v) is 3.64. The van der Waals surface area contributed by atoms with Gasteiger partial charge in [0.05, 0.1) is 11.4 Å². The predicted octanol–water partition coefficient (Wildman–Crippen LogP) is 0.784. The molecule has 5 N–H and O–H groups in total. The van der Waals surface area contributed by atoms with Crippen LogP contribution in [-0.2, 0) is 16.6 Å². The number of nitrogens with zero attached hydrogens (tertiary/aromatic N) is 1. The molecule has 0 amide bonds. The second-order valence-electron chi connectivity index (χ2n) is 5.00. The quantitative estimate of drug-likeness (QED) is 0.532. The van der Waals surface area contributed by atoms with Gasteiger partial charge in [0.1, 0.15) is 0 Å².